The maximum Gasteiger partial charge on any atom is 0.164 e. The van der Waals surface area contributed by atoms with Gasteiger partial charge in [-0.25, -0.2) is 0 Å². The van der Waals surface area contributed by atoms with Gasteiger partial charge in [-0.2, -0.15) is 0 Å². The summed E-state index contributed by atoms with van der Waals surface area (Å²) in [4.78, 5) is 11.3. The largest absolute Gasteiger partial charge is 0.385 e. The highest BCUT2D eigenvalue weighted by Gasteiger charge is 2.53. The van der Waals surface area contributed by atoms with E-state index >= 15 is 0 Å². The fourth-order valence-electron chi connectivity index (χ4n) is 2.70. The predicted molar refractivity (Wildman–Crippen MR) is 40.9 cm³/mol. The second kappa shape index (κ2) is 2.07. The number of aliphatic hydroxyl groups excluding tert-OH is 1. The molecule has 0 aromatic carbocycles. The number of carbonyl (C=O) groups is 1. The van der Waals surface area contributed by atoms with Crippen LogP contribution < -0.4 is 0 Å². The molecule has 2 saturated carbocycles. The summed E-state index contributed by atoms with van der Waals surface area (Å²) >= 11 is 0. The van der Waals surface area contributed by atoms with Gasteiger partial charge in [0.15, 0.2) is 5.78 Å². The van der Waals surface area contributed by atoms with Gasteiger partial charge < -0.3 is 5.11 Å². The Bertz CT molecular complexity index is 200. The standard InChI is InChI=1S/C9H14O2/c1-4-5(2)7-3-6(4)8(10)9(7)11/h4-8,10H,3H2,1-2H3. The minimum atomic E-state index is -0.633. The molecule has 2 rings (SSSR count). The molecule has 2 fully saturated rings. The van der Waals surface area contributed by atoms with Gasteiger partial charge in [0.25, 0.3) is 0 Å². The first-order valence-corrected chi connectivity index (χ1v) is 4.34. The molecular weight excluding hydrogens is 140 g/mol. The number of ketones is 1. The second-order valence-electron chi connectivity index (χ2n) is 4.07. The van der Waals surface area contributed by atoms with Crippen molar-refractivity contribution in [3.8, 4) is 0 Å². The topological polar surface area (TPSA) is 37.3 Å². The lowest BCUT2D eigenvalue weighted by atomic mass is 9.79. The van der Waals surface area contributed by atoms with Gasteiger partial charge in [0, 0.05) is 5.92 Å². The van der Waals surface area contributed by atoms with Crippen LogP contribution in [0.3, 0.4) is 0 Å². The van der Waals surface area contributed by atoms with Gasteiger partial charge in [0.2, 0.25) is 0 Å². The lowest BCUT2D eigenvalue weighted by molar-refractivity contribution is -0.133. The van der Waals surface area contributed by atoms with Gasteiger partial charge in [0.1, 0.15) is 6.10 Å². The third-order valence-electron chi connectivity index (χ3n) is 3.73. The summed E-state index contributed by atoms with van der Waals surface area (Å²) in [5.74, 6) is 1.57. The molecule has 1 N–H and O–H groups in total. The molecule has 2 aliphatic carbocycles. The maximum absolute atomic E-state index is 11.3. The number of hydrogen-bond acceptors (Lipinski definition) is 2. The minimum absolute atomic E-state index is 0.0978. The third-order valence-corrected chi connectivity index (χ3v) is 3.73. The van der Waals surface area contributed by atoms with E-state index in [0.717, 1.165) is 6.42 Å². The van der Waals surface area contributed by atoms with E-state index in [1.165, 1.54) is 0 Å². The van der Waals surface area contributed by atoms with E-state index < -0.39 is 6.10 Å². The number of rotatable bonds is 0. The Morgan fingerprint density at radius 2 is 2.00 bits per heavy atom. The molecule has 2 heteroatoms. The van der Waals surface area contributed by atoms with Crippen LogP contribution in [0.5, 0.6) is 0 Å². The van der Waals surface area contributed by atoms with E-state index in [1.807, 2.05) is 0 Å². The summed E-state index contributed by atoms with van der Waals surface area (Å²) in [6.45, 7) is 4.27. The van der Waals surface area contributed by atoms with Gasteiger partial charge in [-0.15, -0.1) is 0 Å². The fourth-order valence-corrected chi connectivity index (χ4v) is 2.70. The highest BCUT2D eigenvalue weighted by atomic mass is 16.3. The van der Waals surface area contributed by atoms with Crippen LogP contribution in [-0.2, 0) is 4.79 Å². The van der Waals surface area contributed by atoms with Crippen LogP contribution in [0, 0.1) is 23.7 Å². The van der Waals surface area contributed by atoms with E-state index in [9.17, 15) is 9.90 Å². The zero-order chi connectivity index (χ0) is 8.17. The summed E-state index contributed by atoms with van der Waals surface area (Å²) in [6, 6.07) is 0. The van der Waals surface area contributed by atoms with Crippen molar-refractivity contribution in [2.75, 3.05) is 0 Å². The Kier molecular flexibility index (Phi) is 1.37. The highest BCUT2D eigenvalue weighted by Crippen LogP contribution is 2.49. The number of hydrogen-bond donors (Lipinski definition) is 1. The Labute approximate surface area is 66.6 Å². The first-order chi connectivity index (χ1) is 5.13. The van der Waals surface area contributed by atoms with Gasteiger partial charge >= 0.3 is 0 Å². The molecule has 0 radical (unpaired) electrons. The van der Waals surface area contributed by atoms with E-state index in [2.05, 4.69) is 13.8 Å². The summed E-state index contributed by atoms with van der Waals surface area (Å²) in [7, 11) is 0. The molecule has 2 aliphatic rings. The molecule has 0 spiro atoms. The van der Waals surface area contributed by atoms with Gasteiger partial charge in [-0.05, 0) is 24.2 Å². The summed E-state index contributed by atoms with van der Waals surface area (Å²) in [6.07, 6.45) is 0.300. The Morgan fingerprint density at radius 1 is 1.36 bits per heavy atom. The second-order valence-corrected chi connectivity index (χ2v) is 4.07. The molecule has 0 aromatic rings. The van der Waals surface area contributed by atoms with Crippen molar-refractivity contribution < 1.29 is 9.90 Å². The number of Topliss-reactive ketones (excluding diaryl/α,β-unsaturated/α-hetero) is 1. The van der Waals surface area contributed by atoms with Gasteiger partial charge in [-0.1, -0.05) is 13.8 Å². The zero-order valence-corrected chi connectivity index (χ0v) is 6.95. The fraction of sp³-hybridized carbons (Fsp3) is 0.889. The van der Waals surface area contributed by atoms with Crippen molar-refractivity contribution in [3.63, 3.8) is 0 Å². The lowest BCUT2D eigenvalue weighted by Crippen LogP contribution is -2.36. The molecule has 0 aromatic heterocycles. The van der Waals surface area contributed by atoms with Crippen molar-refractivity contribution in [1.29, 1.82) is 0 Å². The molecular formula is C9H14O2. The normalized spacial score (nSPS) is 55.5. The molecule has 11 heavy (non-hydrogen) atoms. The minimum Gasteiger partial charge on any atom is -0.385 e. The van der Waals surface area contributed by atoms with E-state index in [-0.39, 0.29) is 17.6 Å². The summed E-state index contributed by atoms with van der Waals surface area (Å²) < 4.78 is 0. The van der Waals surface area contributed by atoms with Crippen molar-refractivity contribution in [2.45, 2.75) is 26.4 Å². The Balaban J connectivity index is 2.28. The SMILES string of the molecule is CC1C2CC(C(O)C2=O)C1C. The van der Waals surface area contributed by atoms with Crippen LogP contribution in [-0.4, -0.2) is 17.0 Å². The molecule has 2 nitrogen and oxygen atoms in total. The number of aliphatic hydroxyl groups is 1. The maximum atomic E-state index is 11.3. The van der Waals surface area contributed by atoms with Crippen molar-refractivity contribution >= 4 is 5.78 Å². The summed E-state index contributed by atoms with van der Waals surface area (Å²) in [5, 5.41) is 9.43. The smallest absolute Gasteiger partial charge is 0.164 e. The Hall–Kier alpha value is -0.370. The molecule has 0 aliphatic heterocycles. The summed E-state index contributed by atoms with van der Waals surface area (Å²) in [5.41, 5.74) is 0. The third kappa shape index (κ3) is 0.734. The molecule has 2 bridgehead atoms. The van der Waals surface area contributed by atoms with E-state index in [0.29, 0.717) is 11.8 Å². The first-order valence-electron chi connectivity index (χ1n) is 4.34. The van der Waals surface area contributed by atoms with Crippen LogP contribution >= 0.6 is 0 Å². The quantitative estimate of drug-likeness (QED) is 0.561. The molecule has 0 heterocycles. The predicted octanol–water partition coefficient (Wildman–Crippen LogP) is 0.838. The highest BCUT2D eigenvalue weighted by molar-refractivity contribution is 5.89. The molecule has 5 unspecified atom stereocenters. The first kappa shape index (κ1) is 7.29. The Morgan fingerprint density at radius 3 is 2.45 bits per heavy atom. The molecule has 62 valence electrons. The van der Waals surface area contributed by atoms with Crippen LogP contribution in [0.2, 0.25) is 0 Å². The van der Waals surface area contributed by atoms with E-state index in [1.54, 1.807) is 0 Å². The van der Waals surface area contributed by atoms with Crippen molar-refractivity contribution in [1.82, 2.24) is 0 Å². The van der Waals surface area contributed by atoms with Crippen molar-refractivity contribution in [2.24, 2.45) is 23.7 Å². The number of carbonyl (C=O) groups excluding carboxylic acids is 1. The van der Waals surface area contributed by atoms with Crippen molar-refractivity contribution in [3.05, 3.63) is 0 Å². The number of fused-ring (bicyclic) bond motifs is 2. The lowest BCUT2D eigenvalue weighted by Gasteiger charge is -2.27. The average molecular weight is 154 g/mol. The molecule has 0 saturated heterocycles. The monoisotopic (exact) mass is 154 g/mol. The molecule has 5 atom stereocenters. The van der Waals surface area contributed by atoms with Gasteiger partial charge in [-0.3, -0.25) is 4.79 Å². The van der Waals surface area contributed by atoms with Crippen LogP contribution in [0.25, 0.3) is 0 Å². The van der Waals surface area contributed by atoms with Crippen LogP contribution in [0.15, 0.2) is 0 Å². The zero-order valence-electron chi connectivity index (χ0n) is 6.95. The van der Waals surface area contributed by atoms with Crippen LogP contribution in [0.1, 0.15) is 20.3 Å². The average Bonchev–Trinajstić information content (AvgIpc) is 2.40. The van der Waals surface area contributed by atoms with Gasteiger partial charge in [0.05, 0.1) is 0 Å². The van der Waals surface area contributed by atoms with Crippen LogP contribution in [0.4, 0.5) is 0 Å². The van der Waals surface area contributed by atoms with E-state index in [4.69, 9.17) is 0 Å². The molecule has 0 amide bonds.